The largest absolute Gasteiger partial charge is 0.497 e. The van der Waals surface area contributed by atoms with E-state index in [-0.39, 0.29) is 6.03 Å². The summed E-state index contributed by atoms with van der Waals surface area (Å²) in [6.45, 7) is 3.64. The minimum absolute atomic E-state index is 0.179. The molecule has 0 aliphatic heterocycles. The molecule has 0 saturated carbocycles. The van der Waals surface area contributed by atoms with E-state index in [1.54, 1.807) is 7.11 Å². The first-order valence-corrected chi connectivity index (χ1v) is 8.02. The summed E-state index contributed by atoms with van der Waals surface area (Å²) in [7, 11) is 1.63. The molecule has 0 heterocycles. The van der Waals surface area contributed by atoms with Crippen LogP contribution < -0.4 is 20.1 Å². The van der Waals surface area contributed by atoms with E-state index in [0.717, 1.165) is 29.0 Å². The van der Waals surface area contributed by atoms with Crippen LogP contribution in [0.2, 0.25) is 0 Å². The van der Waals surface area contributed by atoms with Gasteiger partial charge in [-0.15, -0.1) is 0 Å². The highest BCUT2D eigenvalue weighted by molar-refractivity contribution is 5.73. The van der Waals surface area contributed by atoms with Crippen LogP contribution in [-0.2, 0) is 6.54 Å². The molecule has 0 aliphatic carbocycles. The predicted molar refractivity (Wildman–Crippen MR) is 94.5 cm³/mol. The van der Waals surface area contributed by atoms with Crippen LogP contribution in [0.3, 0.4) is 0 Å². The summed E-state index contributed by atoms with van der Waals surface area (Å²) >= 11 is 0. The lowest BCUT2D eigenvalue weighted by Crippen LogP contribution is -2.36. The SMILES string of the molecule is COc1ccc(CNC(=O)NCCCOc2ccccc2C)cc1. The molecule has 0 bridgehead atoms. The molecule has 0 spiro atoms. The Bertz CT molecular complexity index is 641. The summed E-state index contributed by atoms with van der Waals surface area (Å²) in [5.41, 5.74) is 2.14. The van der Waals surface area contributed by atoms with Gasteiger partial charge in [0.1, 0.15) is 11.5 Å². The lowest BCUT2D eigenvalue weighted by atomic mass is 10.2. The summed E-state index contributed by atoms with van der Waals surface area (Å²) in [6, 6.07) is 15.3. The van der Waals surface area contributed by atoms with Gasteiger partial charge in [0.15, 0.2) is 0 Å². The van der Waals surface area contributed by atoms with Gasteiger partial charge in [0.05, 0.1) is 13.7 Å². The first kappa shape index (κ1) is 17.7. The number of para-hydroxylation sites is 1. The summed E-state index contributed by atoms with van der Waals surface area (Å²) in [5.74, 6) is 1.69. The normalized spacial score (nSPS) is 10.1. The van der Waals surface area contributed by atoms with Crippen molar-refractivity contribution in [3.05, 3.63) is 59.7 Å². The number of benzene rings is 2. The zero-order chi connectivity index (χ0) is 17.2. The Morgan fingerprint density at radius 3 is 2.50 bits per heavy atom. The zero-order valence-corrected chi connectivity index (χ0v) is 14.2. The van der Waals surface area contributed by atoms with Crippen LogP contribution in [0.15, 0.2) is 48.5 Å². The highest BCUT2D eigenvalue weighted by atomic mass is 16.5. The molecule has 0 aliphatic rings. The highest BCUT2D eigenvalue weighted by Gasteiger charge is 2.01. The Labute approximate surface area is 143 Å². The highest BCUT2D eigenvalue weighted by Crippen LogP contribution is 2.16. The molecule has 2 aromatic carbocycles. The van der Waals surface area contributed by atoms with Crippen molar-refractivity contribution in [3.63, 3.8) is 0 Å². The number of nitrogens with one attached hydrogen (secondary N) is 2. The molecule has 0 saturated heterocycles. The minimum atomic E-state index is -0.179. The molecular weight excluding hydrogens is 304 g/mol. The van der Waals surface area contributed by atoms with Gasteiger partial charge in [0, 0.05) is 13.1 Å². The number of hydrogen-bond acceptors (Lipinski definition) is 3. The van der Waals surface area contributed by atoms with Gasteiger partial charge < -0.3 is 20.1 Å². The fraction of sp³-hybridized carbons (Fsp3) is 0.316. The number of amides is 2. The molecule has 128 valence electrons. The van der Waals surface area contributed by atoms with E-state index in [1.165, 1.54) is 0 Å². The molecule has 0 unspecified atom stereocenters. The van der Waals surface area contributed by atoms with Gasteiger partial charge in [0.25, 0.3) is 0 Å². The predicted octanol–water partition coefficient (Wildman–Crippen LogP) is 3.27. The standard InChI is InChI=1S/C19H24N2O3/c1-15-6-3-4-7-18(15)24-13-5-12-20-19(22)21-14-16-8-10-17(23-2)11-9-16/h3-4,6-11H,5,12-14H2,1-2H3,(H2,20,21,22). The second-order valence-electron chi connectivity index (χ2n) is 5.43. The Balaban J connectivity index is 1.58. The van der Waals surface area contributed by atoms with Crippen LogP contribution in [0.4, 0.5) is 4.79 Å². The summed E-state index contributed by atoms with van der Waals surface area (Å²) in [4.78, 5) is 11.7. The number of carbonyl (C=O) groups is 1. The van der Waals surface area contributed by atoms with Gasteiger partial charge in [-0.2, -0.15) is 0 Å². The van der Waals surface area contributed by atoms with E-state index in [0.29, 0.717) is 19.7 Å². The molecule has 0 aromatic heterocycles. The second kappa shape index (κ2) is 9.45. The number of ether oxygens (including phenoxy) is 2. The lowest BCUT2D eigenvalue weighted by Gasteiger charge is -2.10. The average Bonchev–Trinajstić information content (AvgIpc) is 2.61. The average molecular weight is 328 g/mol. The lowest BCUT2D eigenvalue weighted by molar-refractivity contribution is 0.238. The van der Waals surface area contributed by atoms with Gasteiger partial charge in [0.2, 0.25) is 0 Å². The molecule has 5 nitrogen and oxygen atoms in total. The first-order valence-electron chi connectivity index (χ1n) is 8.02. The van der Waals surface area contributed by atoms with Crippen molar-refractivity contribution in [1.29, 1.82) is 0 Å². The van der Waals surface area contributed by atoms with E-state index in [4.69, 9.17) is 9.47 Å². The summed E-state index contributed by atoms with van der Waals surface area (Å²) in [6.07, 6.45) is 0.754. The van der Waals surface area contributed by atoms with Gasteiger partial charge in [-0.25, -0.2) is 4.79 Å². The van der Waals surface area contributed by atoms with E-state index in [1.807, 2.05) is 55.5 Å². The maximum absolute atomic E-state index is 11.7. The third-order valence-corrected chi connectivity index (χ3v) is 3.57. The summed E-state index contributed by atoms with van der Waals surface area (Å²) < 4.78 is 10.8. The maximum atomic E-state index is 11.7. The van der Waals surface area contributed by atoms with Crippen LogP contribution in [0.25, 0.3) is 0 Å². The van der Waals surface area contributed by atoms with Crippen LogP contribution in [0, 0.1) is 6.92 Å². The molecular formula is C19H24N2O3. The van der Waals surface area contributed by atoms with Crippen molar-refractivity contribution < 1.29 is 14.3 Å². The third kappa shape index (κ3) is 5.83. The molecule has 2 amide bonds. The Morgan fingerprint density at radius 2 is 1.79 bits per heavy atom. The van der Waals surface area contributed by atoms with Crippen molar-refractivity contribution in [2.75, 3.05) is 20.3 Å². The maximum Gasteiger partial charge on any atom is 0.315 e. The number of carbonyl (C=O) groups excluding carboxylic acids is 1. The minimum Gasteiger partial charge on any atom is -0.497 e. The molecule has 2 N–H and O–H groups in total. The van der Waals surface area contributed by atoms with Crippen LogP contribution >= 0.6 is 0 Å². The monoisotopic (exact) mass is 328 g/mol. The molecule has 0 radical (unpaired) electrons. The van der Waals surface area contributed by atoms with E-state index in [9.17, 15) is 4.79 Å². The Kier molecular flexibility index (Phi) is 6.95. The van der Waals surface area contributed by atoms with Crippen molar-refractivity contribution in [1.82, 2.24) is 10.6 Å². The third-order valence-electron chi connectivity index (χ3n) is 3.57. The van der Waals surface area contributed by atoms with Crippen molar-refractivity contribution in [2.24, 2.45) is 0 Å². The molecule has 0 atom stereocenters. The molecule has 2 rings (SSSR count). The van der Waals surface area contributed by atoms with E-state index < -0.39 is 0 Å². The molecule has 24 heavy (non-hydrogen) atoms. The van der Waals surface area contributed by atoms with Crippen molar-refractivity contribution >= 4 is 6.03 Å². The second-order valence-corrected chi connectivity index (χ2v) is 5.43. The molecule has 2 aromatic rings. The fourth-order valence-corrected chi connectivity index (χ4v) is 2.16. The van der Waals surface area contributed by atoms with E-state index in [2.05, 4.69) is 10.6 Å². The number of aryl methyl sites for hydroxylation is 1. The van der Waals surface area contributed by atoms with E-state index >= 15 is 0 Å². The number of rotatable bonds is 8. The van der Waals surface area contributed by atoms with Gasteiger partial charge in [-0.05, 0) is 42.7 Å². The first-order chi connectivity index (χ1) is 11.7. The smallest absolute Gasteiger partial charge is 0.315 e. The number of methoxy groups -OCH3 is 1. The summed E-state index contributed by atoms with van der Waals surface area (Å²) in [5, 5.41) is 5.64. The Morgan fingerprint density at radius 1 is 1.04 bits per heavy atom. The van der Waals surface area contributed by atoms with Crippen LogP contribution in [0.1, 0.15) is 17.5 Å². The van der Waals surface area contributed by atoms with Gasteiger partial charge >= 0.3 is 6.03 Å². The van der Waals surface area contributed by atoms with Gasteiger partial charge in [-0.1, -0.05) is 30.3 Å². The van der Waals surface area contributed by atoms with Crippen molar-refractivity contribution in [3.8, 4) is 11.5 Å². The quantitative estimate of drug-likeness (QED) is 0.731. The van der Waals surface area contributed by atoms with Crippen molar-refractivity contribution in [2.45, 2.75) is 19.9 Å². The fourth-order valence-electron chi connectivity index (χ4n) is 2.16. The molecule has 5 heteroatoms. The van der Waals surface area contributed by atoms with Crippen LogP contribution in [-0.4, -0.2) is 26.3 Å². The Hall–Kier alpha value is -2.69. The zero-order valence-electron chi connectivity index (χ0n) is 14.2. The van der Waals surface area contributed by atoms with Crippen LogP contribution in [0.5, 0.6) is 11.5 Å². The van der Waals surface area contributed by atoms with Gasteiger partial charge in [-0.3, -0.25) is 0 Å². The number of urea groups is 1. The topological polar surface area (TPSA) is 59.6 Å². The molecule has 0 fully saturated rings. The number of hydrogen-bond donors (Lipinski definition) is 2.